The van der Waals surface area contributed by atoms with Crippen molar-refractivity contribution in [2.45, 2.75) is 13.8 Å². The van der Waals surface area contributed by atoms with Crippen molar-refractivity contribution in [3.8, 4) is 5.75 Å². The molecule has 0 N–H and O–H groups in total. The Balaban J connectivity index is 2.94. The standard InChI is InChI=1S/C13H15NO2/c1-8-5-6-11(16-4)13-12(8)10(9(2)15)7-14(13)3/h5-7H,1-4H3. The number of hydrogen-bond donors (Lipinski definition) is 0. The van der Waals surface area contributed by atoms with Crippen molar-refractivity contribution in [1.82, 2.24) is 4.57 Å². The number of Topliss-reactive ketones (excluding diaryl/α,β-unsaturated/α-hetero) is 1. The van der Waals surface area contributed by atoms with Gasteiger partial charge in [0.05, 0.1) is 12.6 Å². The van der Waals surface area contributed by atoms with Crippen LogP contribution in [0.2, 0.25) is 0 Å². The minimum Gasteiger partial charge on any atom is -0.495 e. The van der Waals surface area contributed by atoms with Gasteiger partial charge >= 0.3 is 0 Å². The van der Waals surface area contributed by atoms with Crippen LogP contribution in [0.5, 0.6) is 5.75 Å². The first kappa shape index (κ1) is 10.7. The molecule has 0 saturated heterocycles. The molecule has 0 aliphatic heterocycles. The molecular weight excluding hydrogens is 202 g/mol. The minimum atomic E-state index is 0.0851. The fourth-order valence-electron chi connectivity index (χ4n) is 2.12. The molecule has 16 heavy (non-hydrogen) atoms. The first-order valence-electron chi connectivity index (χ1n) is 5.19. The lowest BCUT2D eigenvalue weighted by atomic mass is 10.0. The predicted octanol–water partition coefficient (Wildman–Crippen LogP) is 2.70. The summed E-state index contributed by atoms with van der Waals surface area (Å²) in [5.74, 6) is 0.887. The maximum atomic E-state index is 11.6. The molecule has 1 heterocycles. The largest absolute Gasteiger partial charge is 0.495 e. The summed E-state index contributed by atoms with van der Waals surface area (Å²) in [7, 11) is 3.57. The molecule has 2 aromatic rings. The molecule has 3 heteroatoms. The van der Waals surface area contributed by atoms with Crippen LogP contribution in [-0.4, -0.2) is 17.5 Å². The van der Waals surface area contributed by atoms with Gasteiger partial charge in [0.2, 0.25) is 0 Å². The highest BCUT2D eigenvalue weighted by atomic mass is 16.5. The number of benzene rings is 1. The van der Waals surface area contributed by atoms with Gasteiger partial charge in [-0.05, 0) is 25.5 Å². The van der Waals surface area contributed by atoms with E-state index in [-0.39, 0.29) is 5.78 Å². The average Bonchev–Trinajstić information content (AvgIpc) is 2.59. The molecule has 1 aromatic carbocycles. The summed E-state index contributed by atoms with van der Waals surface area (Å²) < 4.78 is 7.27. The summed E-state index contributed by atoms with van der Waals surface area (Å²) >= 11 is 0. The van der Waals surface area contributed by atoms with E-state index in [2.05, 4.69) is 0 Å². The van der Waals surface area contributed by atoms with Crippen LogP contribution in [0.4, 0.5) is 0 Å². The molecule has 3 nitrogen and oxygen atoms in total. The van der Waals surface area contributed by atoms with Crippen molar-refractivity contribution >= 4 is 16.7 Å². The molecule has 0 atom stereocenters. The fourth-order valence-corrected chi connectivity index (χ4v) is 2.12. The summed E-state index contributed by atoms with van der Waals surface area (Å²) in [6.07, 6.45) is 1.86. The van der Waals surface area contributed by atoms with Gasteiger partial charge in [-0.25, -0.2) is 0 Å². The minimum absolute atomic E-state index is 0.0851. The maximum absolute atomic E-state index is 11.6. The average molecular weight is 217 g/mol. The zero-order valence-electron chi connectivity index (χ0n) is 10.00. The lowest BCUT2D eigenvalue weighted by Crippen LogP contribution is -1.92. The normalized spacial score (nSPS) is 10.8. The number of carbonyl (C=O) groups excluding carboxylic acids is 1. The van der Waals surface area contributed by atoms with Gasteiger partial charge in [0.15, 0.2) is 5.78 Å². The topological polar surface area (TPSA) is 31.2 Å². The van der Waals surface area contributed by atoms with Crippen molar-refractivity contribution in [3.63, 3.8) is 0 Å². The Morgan fingerprint density at radius 2 is 2.06 bits per heavy atom. The quantitative estimate of drug-likeness (QED) is 0.724. The first-order valence-corrected chi connectivity index (χ1v) is 5.19. The Kier molecular flexibility index (Phi) is 2.46. The van der Waals surface area contributed by atoms with Gasteiger partial charge in [-0.2, -0.15) is 0 Å². The third-order valence-corrected chi connectivity index (χ3v) is 2.89. The summed E-state index contributed by atoms with van der Waals surface area (Å²) in [6, 6.07) is 3.91. The monoisotopic (exact) mass is 217 g/mol. The van der Waals surface area contributed by atoms with E-state index < -0.39 is 0 Å². The molecule has 0 aliphatic carbocycles. The van der Waals surface area contributed by atoms with Gasteiger partial charge in [-0.15, -0.1) is 0 Å². The van der Waals surface area contributed by atoms with Crippen LogP contribution in [0.3, 0.4) is 0 Å². The van der Waals surface area contributed by atoms with Gasteiger partial charge in [0, 0.05) is 24.2 Å². The van der Waals surface area contributed by atoms with E-state index in [4.69, 9.17) is 4.74 Å². The second-order valence-electron chi connectivity index (χ2n) is 4.02. The van der Waals surface area contributed by atoms with Crippen LogP contribution < -0.4 is 4.74 Å². The second-order valence-corrected chi connectivity index (χ2v) is 4.02. The third kappa shape index (κ3) is 1.40. The Hall–Kier alpha value is -1.77. The summed E-state index contributed by atoms with van der Waals surface area (Å²) in [5, 5.41) is 0.995. The van der Waals surface area contributed by atoms with E-state index in [9.17, 15) is 4.79 Å². The Labute approximate surface area is 94.6 Å². The number of fused-ring (bicyclic) bond motifs is 1. The van der Waals surface area contributed by atoms with Gasteiger partial charge in [0.1, 0.15) is 5.75 Å². The first-order chi connectivity index (χ1) is 7.56. The highest BCUT2D eigenvalue weighted by Crippen LogP contribution is 2.32. The van der Waals surface area contributed by atoms with Gasteiger partial charge in [-0.3, -0.25) is 4.79 Å². The highest BCUT2D eigenvalue weighted by Gasteiger charge is 2.15. The molecule has 0 radical (unpaired) electrons. The van der Waals surface area contributed by atoms with Gasteiger partial charge in [0.25, 0.3) is 0 Å². The number of hydrogen-bond acceptors (Lipinski definition) is 2. The van der Waals surface area contributed by atoms with E-state index >= 15 is 0 Å². The summed E-state index contributed by atoms with van der Waals surface area (Å²) in [5.41, 5.74) is 2.84. The number of nitrogens with zero attached hydrogens (tertiary/aromatic N) is 1. The number of rotatable bonds is 2. The summed E-state index contributed by atoms with van der Waals surface area (Å²) in [6.45, 7) is 3.60. The second kappa shape index (κ2) is 3.67. The van der Waals surface area contributed by atoms with Gasteiger partial charge in [-0.1, -0.05) is 6.07 Å². The van der Waals surface area contributed by atoms with Crippen LogP contribution in [0.1, 0.15) is 22.8 Å². The van der Waals surface area contributed by atoms with E-state index in [1.807, 2.05) is 36.9 Å². The Bertz CT molecular complexity index is 567. The van der Waals surface area contributed by atoms with Crippen molar-refractivity contribution < 1.29 is 9.53 Å². The van der Waals surface area contributed by atoms with Crippen molar-refractivity contribution in [3.05, 3.63) is 29.5 Å². The molecule has 0 unspecified atom stereocenters. The molecule has 2 rings (SSSR count). The molecule has 0 spiro atoms. The maximum Gasteiger partial charge on any atom is 0.161 e. The molecule has 0 amide bonds. The fraction of sp³-hybridized carbons (Fsp3) is 0.308. The molecule has 0 bridgehead atoms. The number of aromatic nitrogens is 1. The van der Waals surface area contributed by atoms with Crippen LogP contribution in [0.15, 0.2) is 18.3 Å². The molecule has 84 valence electrons. The van der Waals surface area contributed by atoms with E-state index in [0.717, 1.165) is 27.8 Å². The number of methoxy groups -OCH3 is 1. The zero-order valence-corrected chi connectivity index (χ0v) is 10.00. The number of aryl methyl sites for hydroxylation is 2. The predicted molar refractivity (Wildman–Crippen MR) is 64.2 cm³/mol. The number of carbonyl (C=O) groups is 1. The Morgan fingerprint density at radius 3 is 2.62 bits per heavy atom. The van der Waals surface area contributed by atoms with Crippen molar-refractivity contribution in [1.29, 1.82) is 0 Å². The van der Waals surface area contributed by atoms with E-state index in [0.29, 0.717) is 0 Å². The van der Waals surface area contributed by atoms with Crippen LogP contribution in [0.25, 0.3) is 10.9 Å². The number of ketones is 1. The zero-order chi connectivity index (χ0) is 11.9. The van der Waals surface area contributed by atoms with Crippen LogP contribution in [-0.2, 0) is 7.05 Å². The lowest BCUT2D eigenvalue weighted by Gasteiger charge is -2.06. The van der Waals surface area contributed by atoms with Crippen molar-refractivity contribution in [2.24, 2.45) is 7.05 Å². The highest BCUT2D eigenvalue weighted by molar-refractivity contribution is 6.09. The molecule has 0 saturated carbocycles. The third-order valence-electron chi connectivity index (χ3n) is 2.89. The van der Waals surface area contributed by atoms with E-state index in [1.54, 1.807) is 14.0 Å². The van der Waals surface area contributed by atoms with Gasteiger partial charge < -0.3 is 9.30 Å². The smallest absolute Gasteiger partial charge is 0.161 e. The molecule has 1 aromatic heterocycles. The number of ether oxygens (including phenoxy) is 1. The SMILES string of the molecule is COc1ccc(C)c2c(C(C)=O)cn(C)c12. The van der Waals surface area contributed by atoms with Crippen LogP contribution >= 0.6 is 0 Å². The Morgan fingerprint density at radius 1 is 1.38 bits per heavy atom. The summed E-state index contributed by atoms with van der Waals surface area (Å²) in [4.78, 5) is 11.6. The van der Waals surface area contributed by atoms with E-state index in [1.165, 1.54) is 0 Å². The molecule has 0 fully saturated rings. The van der Waals surface area contributed by atoms with Crippen LogP contribution in [0, 0.1) is 6.92 Å². The molecule has 0 aliphatic rings. The lowest BCUT2D eigenvalue weighted by molar-refractivity contribution is 0.101. The molecular formula is C13H15NO2. The van der Waals surface area contributed by atoms with Crippen molar-refractivity contribution in [2.75, 3.05) is 7.11 Å².